The van der Waals surface area contributed by atoms with Crippen molar-refractivity contribution in [3.8, 4) is 28.6 Å². The van der Waals surface area contributed by atoms with Crippen molar-refractivity contribution in [1.29, 1.82) is 0 Å². The van der Waals surface area contributed by atoms with Crippen molar-refractivity contribution in [1.82, 2.24) is 0 Å². The lowest BCUT2D eigenvalue weighted by atomic mass is 9.73. The summed E-state index contributed by atoms with van der Waals surface area (Å²) in [5.74, 6) is -3.07. The quantitative estimate of drug-likeness (QED) is 0.386. The van der Waals surface area contributed by atoms with Gasteiger partial charge in [0.15, 0.2) is 17.1 Å². The Labute approximate surface area is 165 Å². The highest BCUT2D eigenvalue weighted by molar-refractivity contribution is 5.95. The summed E-state index contributed by atoms with van der Waals surface area (Å²) in [7, 11) is 0. The molecule has 4 aliphatic rings. The second kappa shape index (κ2) is 5.89. The van der Waals surface area contributed by atoms with Gasteiger partial charge >= 0.3 is 5.97 Å². The van der Waals surface area contributed by atoms with Crippen molar-refractivity contribution in [2.24, 2.45) is 23.7 Å². The highest BCUT2D eigenvalue weighted by Crippen LogP contribution is 2.62. The van der Waals surface area contributed by atoms with Gasteiger partial charge in [-0.15, -0.1) is 0 Å². The minimum atomic E-state index is -0.871. The summed E-state index contributed by atoms with van der Waals surface area (Å²) in [6.45, 7) is 2.08. The fourth-order valence-corrected chi connectivity index (χ4v) is 5.86. The molecule has 4 unspecified atom stereocenters. The topological polar surface area (TPSA) is 128 Å². The molecule has 2 fully saturated rings. The highest BCUT2D eigenvalue weighted by Gasteiger charge is 2.56. The molecule has 0 aromatic heterocycles. The molecule has 1 aromatic rings. The van der Waals surface area contributed by atoms with Gasteiger partial charge in [0.2, 0.25) is 16.9 Å². The van der Waals surface area contributed by atoms with Crippen LogP contribution in [0.3, 0.4) is 0 Å². The number of fused-ring (bicyclic) bond motifs is 4. The van der Waals surface area contributed by atoms with E-state index in [9.17, 15) is 30.0 Å². The van der Waals surface area contributed by atoms with Crippen molar-refractivity contribution < 1.29 is 29.6 Å². The maximum absolute atomic E-state index is 12.2. The van der Waals surface area contributed by atoms with Gasteiger partial charge in [0.1, 0.15) is 0 Å². The Morgan fingerprint density at radius 2 is 1.76 bits per heavy atom. The lowest BCUT2D eigenvalue weighted by Gasteiger charge is -2.31. The van der Waals surface area contributed by atoms with E-state index in [4.69, 9.17) is 4.42 Å². The van der Waals surface area contributed by atoms with Crippen LogP contribution in [0.15, 0.2) is 33.5 Å². The van der Waals surface area contributed by atoms with E-state index in [-0.39, 0.29) is 35.0 Å². The van der Waals surface area contributed by atoms with Crippen molar-refractivity contribution in [2.45, 2.75) is 25.7 Å². The molecule has 150 valence electrons. The van der Waals surface area contributed by atoms with Crippen molar-refractivity contribution in [3.63, 3.8) is 0 Å². The Morgan fingerprint density at radius 1 is 1.03 bits per heavy atom. The number of rotatable bonds is 2. The van der Waals surface area contributed by atoms with Gasteiger partial charge in [-0.05, 0) is 60.4 Å². The van der Waals surface area contributed by atoms with Crippen LogP contribution in [0, 0.1) is 23.7 Å². The normalized spacial score (nSPS) is 28.4. The zero-order chi connectivity index (χ0) is 20.6. The minimum absolute atomic E-state index is 0.0443. The molecular formula is C22H20O7. The van der Waals surface area contributed by atoms with Crippen molar-refractivity contribution in [3.05, 3.63) is 40.1 Å². The van der Waals surface area contributed by atoms with Crippen molar-refractivity contribution >= 4 is 16.9 Å². The monoisotopic (exact) mass is 396 g/mol. The third kappa shape index (κ3) is 2.24. The fraction of sp³-hybridized carbons (Fsp3) is 0.364. The van der Waals surface area contributed by atoms with Crippen LogP contribution in [0.1, 0.15) is 31.2 Å². The summed E-state index contributed by atoms with van der Waals surface area (Å²) in [6.07, 6.45) is 1.75. The third-order valence-electron chi connectivity index (χ3n) is 7.10. The molecule has 4 N–H and O–H groups in total. The average molecular weight is 396 g/mol. The van der Waals surface area contributed by atoms with E-state index < -0.39 is 34.6 Å². The first-order chi connectivity index (χ1) is 13.8. The smallest absolute Gasteiger partial charge is 0.307 e. The number of benzene rings is 2. The standard InChI is InChI=1S/C22H20O7/c1-8-9-2-3-10(8)17(22(27)28)16(9)15-11-4-6-13(23)18(25)20(11)29-21-12(15)5-7-14(24)19(21)26/h4-10,16-17,23,25-26H,2-3H2,1H3,(H,27,28)/t8?,9?,10-,16?,17?/m0/s1. The largest absolute Gasteiger partial charge is 0.504 e. The van der Waals surface area contributed by atoms with E-state index >= 15 is 0 Å². The number of phenolic OH excluding ortho intramolecular Hbond substituents is 3. The Bertz CT molecular complexity index is 1190. The number of aromatic hydroxyl groups is 3. The summed E-state index contributed by atoms with van der Waals surface area (Å²) in [5, 5.41) is 41.1. The predicted octanol–water partition coefficient (Wildman–Crippen LogP) is 3.47. The third-order valence-corrected chi connectivity index (χ3v) is 7.10. The van der Waals surface area contributed by atoms with Crippen LogP contribution in [-0.2, 0) is 4.79 Å². The van der Waals surface area contributed by atoms with Gasteiger partial charge in [0.05, 0.1) is 5.92 Å². The van der Waals surface area contributed by atoms with Gasteiger partial charge in [-0.3, -0.25) is 9.59 Å². The van der Waals surface area contributed by atoms with Crippen LogP contribution in [0.4, 0.5) is 0 Å². The van der Waals surface area contributed by atoms with E-state index in [2.05, 4.69) is 6.92 Å². The first-order valence-corrected chi connectivity index (χ1v) is 9.67. The van der Waals surface area contributed by atoms with E-state index in [0.717, 1.165) is 12.8 Å². The molecular weight excluding hydrogens is 376 g/mol. The van der Waals surface area contributed by atoms with E-state index in [0.29, 0.717) is 16.5 Å². The molecule has 1 aromatic carbocycles. The average Bonchev–Trinajstić information content (AvgIpc) is 3.19. The predicted molar refractivity (Wildman–Crippen MR) is 103 cm³/mol. The summed E-state index contributed by atoms with van der Waals surface area (Å²) < 4.78 is 5.66. The molecule has 1 aliphatic heterocycles. The van der Waals surface area contributed by atoms with Crippen LogP contribution in [0.25, 0.3) is 22.3 Å². The molecule has 1 heterocycles. The number of hydrogen-bond acceptors (Lipinski definition) is 6. The number of aliphatic carboxylic acids is 1. The molecule has 7 heteroatoms. The summed E-state index contributed by atoms with van der Waals surface area (Å²) >= 11 is 0. The molecule has 7 nitrogen and oxygen atoms in total. The van der Waals surface area contributed by atoms with Crippen LogP contribution in [0.5, 0.6) is 17.2 Å². The van der Waals surface area contributed by atoms with Gasteiger partial charge in [-0.2, -0.15) is 0 Å². The highest BCUT2D eigenvalue weighted by atomic mass is 16.4. The maximum Gasteiger partial charge on any atom is 0.307 e. The lowest BCUT2D eigenvalue weighted by Crippen LogP contribution is -2.28. The Balaban J connectivity index is 1.91. The van der Waals surface area contributed by atoms with Crippen LogP contribution < -0.4 is 5.43 Å². The Hall–Kier alpha value is -3.22. The maximum atomic E-state index is 12.2. The lowest BCUT2D eigenvalue weighted by molar-refractivity contribution is -0.144. The molecule has 2 bridgehead atoms. The molecule has 0 amide bonds. The summed E-state index contributed by atoms with van der Waals surface area (Å²) in [5.41, 5.74) is 0.379. The van der Waals surface area contributed by atoms with Gasteiger partial charge in [0.25, 0.3) is 0 Å². The second-order valence-corrected chi connectivity index (χ2v) is 8.27. The SMILES string of the molecule is CC1C2CC[C@@H]1C(C(=O)O)C2c1c2ccc(=O)c(O)c-2oc2c(O)c(O)ccc12. The van der Waals surface area contributed by atoms with E-state index in [1.165, 1.54) is 18.2 Å². The number of hydrogen-bond donors (Lipinski definition) is 4. The minimum Gasteiger partial charge on any atom is -0.504 e. The van der Waals surface area contributed by atoms with Crippen LogP contribution >= 0.6 is 0 Å². The Morgan fingerprint density at radius 3 is 2.48 bits per heavy atom. The number of carbonyl (C=O) groups is 1. The first-order valence-electron chi connectivity index (χ1n) is 9.67. The van der Waals surface area contributed by atoms with E-state index in [1.807, 2.05) is 0 Å². The van der Waals surface area contributed by atoms with E-state index in [1.54, 1.807) is 6.07 Å². The zero-order valence-corrected chi connectivity index (χ0v) is 15.6. The van der Waals surface area contributed by atoms with Gasteiger partial charge < -0.3 is 24.8 Å². The zero-order valence-electron chi connectivity index (χ0n) is 15.6. The first kappa shape index (κ1) is 17.8. The van der Waals surface area contributed by atoms with Gasteiger partial charge in [0, 0.05) is 16.9 Å². The fourth-order valence-electron chi connectivity index (χ4n) is 5.86. The van der Waals surface area contributed by atoms with Crippen LogP contribution in [-0.4, -0.2) is 26.4 Å². The van der Waals surface area contributed by atoms with Crippen LogP contribution in [0.2, 0.25) is 0 Å². The second-order valence-electron chi connectivity index (χ2n) is 8.27. The summed E-state index contributed by atoms with van der Waals surface area (Å²) in [6, 6.07) is 5.68. The Kier molecular flexibility index (Phi) is 3.62. The molecule has 0 radical (unpaired) electrons. The van der Waals surface area contributed by atoms with Gasteiger partial charge in [-0.25, -0.2) is 0 Å². The number of phenols is 3. The molecule has 2 saturated carbocycles. The van der Waals surface area contributed by atoms with Crippen molar-refractivity contribution in [2.75, 3.05) is 0 Å². The molecule has 5 atom stereocenters. The molecule has 5 rings (SSSR count). The molecule has 0 saturated heterocycles. The number of carboxylic acid groups (broad SMARTS) is 1. The van der Waals surface area contributed by atoms with Gasteiger partial charge in [-0.1, -0.05) is 6.92 Å². The molecule has 0 spiro atoms. The number of carboxylic acids is 1. The molecule has 29 heavy (non-hydrogen) atoms. The summed E-state index contributed by atoms with van der Waals surface area (Å²) in [4.78, 5) is 24.2. The molecule has 3 aliphatic carbocycles.